The van der Waals surface area contributed by atoms with Gasteiger partial charge in [0.05, 0.1) is 12.0 Å². The van der Waals surface area contributed by atoms with Crippen molar-refractivity contribution in [2.24, 2.45) is 0 Å². The molecule has 0 saturated carbocycles. The lowest BCUT2D eigenvalue weighted by atomic mass is 9.83. The molecule has 1 atom stereocenters. The smallest absolute Gasteiger partial charge is 0.134 e. The number of furan rings is 1. The molecule has 0 fully saturated rings. The van der Waals surface area contributed by atoms with Crippen molar-refractivity contribution in [1.29, 1.82) is 0 Å². The lowest BCUT2D eigenvalue weighted by molar-refractivity contribution is 0.294. The first-order valence-corrected chi connectivity index (χ1v) is 8.95. The molecule has 2 aromatic carbocycles. The monoisotopic (exact) mass is 359 g/mol. The first-order valence-electron chi connectivity index (χ1n) is 8.95. The lowest BCUT2D eigenvalue weighted by Crippen LogP contribution is -2.31. The molecule has 3 heterocycles. The molecule has 27 heavy (non-hydrogen) atoms. The van der Waals surface area contributed by atoms with Crippen LogP contribution in [-0.4, -0.2) is 28.7 Å². The lowest BCUT2D eigenvalue weighted by Gasteiger charge is -2.33. The minimum Gasteiger partial charge on any atom is -0.464 e. The number of rotatable bonds is 2. The van der Waals surface area contributed by atoms with Crippen LogP contribution in [0.4, 0.5) is 4.39 Å². The molecule has 1 unspecified atom stereocenters. The number of halogens is 1. The third-order valence-electron chi connectivity index (χ3n) is 5.27. The maximum absolute atomic E-state index is 15.0. The SMILES string of the molecule is CN1Cc2cc(-c3cccnn3)c(F)cc2C(c2ccc3ccoc3c2)C1. The van der Waals surface area contributed by atoms with Crippen molar-refractivity contribution in [1.82, 2.24) is 15.1 Å². The summed E-state index contributed by atoms with van der Waals surface area (Å²) >= 11 is 0. The van der Waals surface area contributed by atoms with E-state index in [1.54, 1.807) is 30.7 Å². The molecule has 0 bridgehead atoms. The Hall–Kier alpha value is -3.05. The molecule has 0 saturated heterocycles. The predicted octanol–water partition coefficient (Wildman–Crippen LogP) is 4.61. The second-order valence-electron chi connectivity index (χ2n) is 7.11. The first kappa shape index (κ1) is 16.1. The van der Waals surface area contributed by atoms with Crippen molar-refractivity contribution >= 4 is 11.0 Å². The van der Waals surface area contributed by atoms with Gasteiger partial charge in [-0.15, -0.1) is 0 Å². The summed E-state index contributed by atoms with van der Waals surface area (Å²) in [5.41, 5.74) is 5.20. The molecule has 134 valence electrons. The van der Waals surface area contributed by atoms with Crippen molar-refractivity contribution in [2.75, 3.05) is 13.6 Å². The summed E-state index contributed by atoms with van der Waals surface area (Å²) in [7, 11) is 2.09. The van der Waals surface area contributed by atoms with Crippen molar-refractivity contribution in [3.8, 4) is 11.3 Å². The van der Waals surface area contributed by atoms with Crippen molar-refractivity contribution in [3.05, 3.63) is 83.5 Å². The Labute approximate surface area is 156 Å². The first-order chi connectivity index (χ1) is 13.2. The fraction of sp³-hybridized carbons (Fsp3) is 0.182. The van der Waals surface area contributed by atoms with Crippen LogP contribution in [0, 0.1) is 5.82 Å². The number of fused-ring (bicyclic) bond motifs is 2. The number of hydrogen-bond acceptors (Lipinski definition) is 4. The van der Waals surface area contributed by atoms with E-state index in [9.17, 15) is 4.39 Å². The van der Waals surface area contributed by atoms with Gasteiger partial charge < -0.3 is 9.32 Å². The van der Waals surface area contributed by atoms with E-state index in [0.29, 0.717) is 11.3 Å². The van der Waals surface area contributed by atoms with E-state index < -0.39 is 0 Å². The van der Waals surface area contributed by atoms with E-state index in [0.717, 1.165) is 40.7 Å². The molecule has 1 aliphatic heterocycles. The van der Waals surface area contributed by atoms with Gasteiger partial charge in [0.15, 0.2) is 0 Å². The van der Waals surface area contributed by atoms with Gasteiger partial charge in [-0.25, -0.2) is 4.39 Å². The van der Waals surface area contributed by atoms with Gasteiger partial charge in [-0.05, 0) is 60.1 Å². The summed E-state index contributed by atoms with van der Waals surface area (Å²) in [6.07, 6.45) is 3.29. The fourth-order valence-electron chi connectivity index (χ4n) is 3.97. The van der Waals surface area contributed by atoms with Crippen LogP contribution in [-0.2, 0) is 6.54 Å². The molecule has 2 aromatic heterocycles. The van der Waals surface area contributed by atoms with Gasteiger partial charge in [-0.3, -0.25) is 0 Å². The van der Waals surface area contributed by atoms with E-state index >= 15 is 0 Å². The molecule has 4 aromatic rings. The highest BCUT2D eigenvalue weighted by Gasteiger charge is 2.27. The maximum Gasteiger partial charge on any atom is 0.134 e. The summed E-state index contributed by atoms with van der Waals surface area (Å²) in [6.45, 7) is 1.62. The van der Waals surface area contributed by atoms with Crippen LogP contribution in [0.2, 0.25) is 0 Å². The van der Waals surface area contributed by atoms with E-state index in [1.807, 2.05) is 12.1 Å². The average Bonchev–Trinajstić information content (AvgIpc) is 3.16. The highest BCUT2D eigenvalue weighted by Crippen LogP contribution is 2.37. The second-order valence-corrected chi connectivity index (χ2v) is 7.11. The topological polar surface area (TPSA) is 42.2 Å². The van der Waals surface area contributed by atoms with Gasteiger partial charge in [0.25, 0.3) is 0 Å². The number of benzene rings is 2. The largest absolute Gasteiger partial charge is 0.464 e. The standard InChI is InChI=1S/C22H18FN3O/c1-26-12-16-9-18(21-3-2-7-24-25-21)20(23)11-17(16)19(13-26)15-5-4-14-6-8-27-22(14)10-15/h2-11,19H,12-13H2,1H3. The average molecular weight is 359 g/mol. The van der Waals surface area contributed by atoms with E-state index in [-0.39, 0.29) is 11.7 Å². The van der Waals surface area contributed by atoms with Crippen LogP contribution >= 0.6 is 0 Å². The number of nitrogens with zero attached hydrogens (tertiary/aromatic N) is 3. The Balaban J connectivity index is 1.63. The molecule has 1 aliphatic rings. The Morgan fingerprint density at radius 3 is 2.93 bits per heavy atom. The summed E-state index contributed by atoms with van der Waals surface area (Å²) < 4.78 is 20.5. The van der Waals surface area contributed by atoms with E-state index in [1.165, 1.54) is 0 Å². The van der Waals surface area contributed by atoms with Gasteiger partial charge in [0, 0.05) is 36.2 Å². The maximum atomic E-state index is 15.0. The summed E-state index contributed by atoms with van der Waals surface area (Å²) in [5.74, 6) is -0.165. The quantitative estimate of drug-likeness (QED) is 0.524. The van der Waals surface area contributed by atoms with E-state index in [2.05, 4.69) is 40.3 Å². The van der Waals surface area contributed by atoms with Gasteiger partial charge in [-0.2, -0.15) is 10.2 Å². The van der Waals surface area contributed by atoms with E-state index in [4.69, 9.17) is 4.42 Å². The second kappa shape index (κ2) is 6.28. The summed E-state index contributed by atoms with van der Waals surface area (Å²) in [6, 6.07) is 15.3. The fourth-order valence-corrected chi connectivity index (χ4v) is 3.97. The molecule has 0 radical (unpaired) electrons. The van der Waals surface area contributed by atoms with Gasteiger partial charge in [-0.1, -0.05) is 12.1 Å². The van der Waals surface area contributed by atoms with Crippen LogP contribution in [0.1, 0.15) is 22.6 Å². The molecular formula is C22H18FN3O. The molecule has 4 nitrogen and oxygen atoms in total. The van der Waals surface area contributed by atoms with Crippen molar-refractivity contribution in [3.63, 3.8) is 0 Å². The Morgan fingerprint density at radius 2 is 2.07 bits per heavy atom. The Bertz CT molecular complexity index is 1120. The molecule has 0 amide bonds. The normalized spacial score (nSPS) is 17.2. The molecule has 0 spiro atoms. The zero-order valence-corrected chi connectivity index (χ0v) is 14.9. The highest BCUT2D eigenvalue weighted by atomic mass is 19.1. The van der Waals surface area contributed by atoms with Gasteiger partial charge in [0.1, 0.15) is 11.4 Å². The number of aromatic nitrogens is 2. The zero-order chi connectivity index (χ0) is 18.4. The molecule has 5 heteroatoms. The number of hydrogen-bond donors (Lipinski definition) is 0. The van der Waals surface area contributed by atoms with Crippen molar-refractivity contribution < 1.29 is 8.81 Å². The minimum absolute atomic E-state index is 0.0960. The molecule has 5 rings (SSSR count). The Morgan fingerprint density at radius 1 is 1.15 bits per heavy atom. The van der Waals surface area contributed by atoms with Gasteiger partial charge in [0.2, 0.25) is 0 Å². The molecule has 0 aliphatic carbocycles. The van der Waals surface area contributed by atoms with Crippen molar-refractivity contribution in [2.45, 2.75) is 12.5 Å². The molecule has 0 N–H and O–H groups in total. The van der Waals surface area contributed by atoms with Gasteiger partial charge >= 0.3 is 0 Å². The Kier molecular flexibility index (Phi) is 3.76. The molecular weight excluding hydrogens is 341 g/mol. The predicted molar refractivity (Wildman–Crippen MR) is 102 cm³/mol. The third-order valence-corrected chi connectivity index (χ3v) is 5.27. The van der Waals surface area contributed by atoms with Crippen LogP contribution in [0.3, 0.4) is 0 Å². The van der Waals surface area contributed by atoms with Crippen LogP contribution < -0.4 is 0 Å². The van der Waals surface area contributed by atoms with Crippen LogP contribution in [0.5, 0.6) is 0 Å². The van der Waals surface area contributed by atoms with Crippen LogP contribution in [0.15, 0.2) is 65.4 Å². The zero-order valence-electron chi connectivity index (χ0n) is 14.9. The third kappa shape index (κ3) is 2.80. The number of likely N-dealkylation sites (N-methyl/N-ethyl adjacent to an activating group) is 1. The minimum atomic E-state index is -0.261. The summed E-state index contributed by atoms with van der Waals surface area (Å²) in [5, 5.41) is 9.02. The summed E-state index contributed by atoms with van der Waals surface area (Å²) in [4.78, 5) is 2.26. The van der Waals surface area contributed by atoms with Crippen LogP contribution in [0.25, 0.3) is 22.2 Å². The highest BCUT2D eigenvalue weighted by molar-refractivity contribution is 5.78.